The van der Waals surface area contributed by atoms with Crippen molar-refractivity contribution in [2.45, 2.75) is 37.5 Å². The van der Waals surface area contributed by atoms with Crippen molar-refractivity contribution in [3.05, 3.63) is 258 Å². The first kappa shape index (κ1) is 37.8. The predicted molar refractivity (Wildman–Crippen MR) is 273 cm³/mol. The Balaban J connectivity index is 0.956. The highest BCUT2D eigenvalue weighted by Gasteiger charge is 2.48. The van der Waals surface area contributed by atoms with Gasteiger partial charge < -0.3 is 4.90 Å². The zero-order valence-corrected chi connectivity index (χ0v) is 36.7. The van der Waals surface area contributed by atoms with Gasteiger partial charge in [0.25, 0.3) is 0 Å². The van der Waals surface area contributed by atoms with E-state index in [1.54, 1.807) is 0 Å². The van der Waals surface area contributed by atoms with Crippen LogP contribution in [0.25, 0.3) is 66.4 Å². The second kappa shape index (κ2) is 14.4. The molecule has 1 atom stereocenters. The van der Waals surface area contributed by atoms with E-state index in [2.05, 4.69) is 243 Å². The van der Waals surface area contributed by atoms with Gasteiger partial charge >= 0.3 is 0 Å². The van der Waals surface area contributed by atoms with Gasteiger partial charge in [0.05, 0.1) is 0 Å². The molecule has 10 aromatic carbocycles. The minimum absolute atomic E-state index is 0.0992. The molecule has 1 unspecified atom stereocenters. The summed E-state index contributed by atoms with van der Waals surface area (Å²) in [6.45, 7) is 4.76. The molecule has 0 saturated heterocycles. The van der Waals surface area contributed by atoms with Crippen LogP contribution in [0.2, 0.25) is 0 Å². The van der Waals surface area contributed by atoms with E-state index >= 15 is 0 Å². The molecule has 0 fully saturated rings. The lowest BCUT2D eigenvalue weighted by Gasteiger charge is -2.31. The smallest absolute Gasteiger partial charge is 0.0470 e. The summed E-state index contributed by atoms with van der Waals surface area (Å²) in [6.07, 6.45) is 2.15. The molecule has 308 valence electrons. The zero-order valence-electron chi connectivity index (χ0n) is 36.7. The molecular formula is C64H47N. The third kappa shape index (κ3) is 5.58. The number of hydrogen-bond donors (Lipinski definition) is 0. The quantitative estimate of drug-likeness (QED) is 0.161. The Morgan fingerprint density at radius 2 is 0.862 bits per heavy atom. The lowest BCUT2D eigenvalue weighted by Crippen LogP contribution is -2.24. The van der Waals surface area contributed by atoms with Crippen molar-refractivity contribution in [1.29, 1.82) is 0 Å². The Bertz CT molecular complexity index is 3510. The van der Waals surface area contributed by atoms with E-state index in [1.807, 2.05) is 0 Å². The fourth-order valence-electron chi connectivity index (χ4n) is 12.2. The minimum Gasteiger partial charge on any atom is -0.310 e. The highest BCUT2D eigenvalue weighted by Crippen LogP contribution is 2.59. The van der Waals surface area contributed by atoms with Crippen LogP contribution in [0.5, 0.6) is 0 Å². The van der Waals surface area contributed by atoms with E-state index in [-0.39, 0.29) is 10.8 Å². The van der Waals surface area contributed by atoms with Crippen LogP contribution < -0.4 is 4.90 Å². The molecule has 1 spiro atoms. The summed E-state index contributed by atoms with van der Waals surface area (Å²) in [5.74, 6) is 0. The molecule has 0 saturated carbocycles. The normalized spacial score (nSPS) is 15.9. The molecule has 0 aliphatic heterocycles. The van der Waals surface area contributed by atoms with Crippen molar-refractivity contribution in [2.24, 2.45) is 0 Å². The summed E-state index contributed by atoms with van der Waals surface area (Å²) in [4.78, 5) is 2.47. The molecule has 3 aliphatic rings. The number of nitrogens with zero attached hydrogens (tertiary/aromatic N) is 1. The summed E-state index contributed by atoms with van der Waals surface area (Å²) in [7, 11) is 0. The fourth-order valence-corrected chi connectivity index (χ4v) is 12.2. The van der Waals surface area contributed by atoms with E-state index in [9.17, 15) is 0 Å². The maximum absolute atomic E-state index is 2.51. The van der Waals surface area contributed by atoms with Gasteiger partial charge in [-0.3, -0.25) is 0 Å². The molecule has 0 heterocycles. The molecule has 13 rings (SSSR count). The van der Waals surface area contributed by atoms with Crippen LogP contribution in [0.4, 0.5) is 17.1 Å². The van der Waals surface area contributed by atoms with Crippen LogP contribution in [0.3, 0.4) is 0 Å². The third-order valence-electron chi connectivity index (χ3n) is 15.1. The molecule has 10 aromatic rings. The second-order valence-electron chi connectivity index (χ2n) is 18.7. The number of anilines is 3. The van der Waals surface area contributed by atoms with Crippen LogP contribution >= 0.6 is 0 Å². The van der Waals surface area contributed by atoms with Crippen molar-refractivity contribution in [3.63, 3.8) is 0 Å². The monoisotopic (exact) mass is 829 g/mol. The average Bonchev–Trinajstić information content (AvgIpc) is 3.97. The molecule has 0 N–H and O–H groups in total. The van der Waals surface area contributed by atoms with Crippen LogP contribution in [0.15, 0.2) is 224 Å². The Morgan fingerprint density at radius 1 is 0.354 bits per heavy atom. The lowest BCUT2D eigenvalue weighted by molar-refractivity contribution is 0.626. The van der Waals surface area contributed by atoms with Crippen molar-refractivity contribution in [1.82, 2.24) is 0 Å². The van der Waals surface area contributed by atoms with Crippen LogP contribution in [0.1, 0.15) is 53.6 Å². The standard InChI is InChI=1S/C64H47N/c1-63(2)59-27-11-8-22-55(59)57-25-14-23-51(62(57)63)44-31-35-47(36-32-44)65(46-33-29-43(30-34-46)50-19-6-7-20-52(50)53-24-13-17-42-15-3-5-18-49(42)53)48-37-38-56-54-21-9-12-28-60(54)64(61(56)41-48)40-39-45-16-4-10-26-58(45)64/h3-38,41H,39-40H2,1-2H3. The average molecular weight is 830 g/mol. The van der Waals surface area contributed by atoms with Gasteiger partial charge in [0.1, 0.15) is 0 Å². The summed E-state index contributed by atoms with van der Waals surface area (Å²) in [6, 6.07) is 84.1. The maximum atomic E-state index is 2.51. The molecule has 0 radical (unpaired) electrons. The topological polar surface area (TPSA) is 3.24 Å². The SMILES string of the molecule is CC1(C)c2ccccc2-c2cccc(-c3ccc(N(c4ccc(-c5ccccc5-c5cccc6ccccc56)cc4)c4ccc5c(c4)C4(CCc6ccccc64)c4ccccc4-5)cc3)c21. The molecule has 0 amide bonds. The molecule has 1 heteroatoms. The Hall–Kier alpha value is -7.74. The highest BCUT2D eigenvalue weighted by molar-refractivity contribution is 6.01. The van der Waals surface area contributed by atoms with Crippen molar-refractivity contribution < 1.29 is 0 Å². The molecule has 0 aromatic heterocycles. The molecule has 1 nitrogen and oxygen atoms in total. The van der Waals surface area contributed by atoms with Gasteiger partial charge in [-0.15, -0.1) is 0 Å². The number of rotatable bonds is 6. The van der Waals surface area contributed by atoms with Gasteiger partial charge in [-0.05, 0) is 149 Å². The summed E-state index contributed by atoms with van der Waals surface area (Å²) in [5.41, 5.74) is 24.5. The highest BCUT2D eigenvalue weighted by atomic mass is 15.1. The lowest BCUT2D eigenvalue weighted by atomic mass is 9.73. The predicted octanol–water partition coefficient (Wildman–Crippen LogP) is 16.9. The zero-order chi connectivity index (χ0) is 43.3. The Labute approximate surface area is 382 Å². The first-order chi connectivity index (χ1) is 32.0. The fraction of sp³-hybridized carbons (Fsp3) is 0.0938. The van der Waals surface area contributed by atoms with E-state index in [0.29, 0.717) is 0 Å². The van der Waals surface area contributed by atoms with Gasteiger partial charge in [-0.2, -0.15) is 0 Å². The van der Waals surface area contributed by atoms with Gasteiger partial charge in [0, 0.05) is 27.9 Å². The van der Waals surface area contributed by atoms with E-state index in [1.165, 1.54) is 99.8 Å². The molecule has 0 bridgehead atoms. The number of benzene rings is 10. The maximum Gasteiger partial charge on any atom is 0.0470 e. The summed E-state index contributed by atoms with van der Waals surface area (Å²) >= 11 is 0. The second-order valence-corrected chi connectivity index (χ2v) is 18.7. The van der Waals surface area contributed by atoms with Gasteiger partial charge in [0.2, 0.25) is 0 Å². The molecule has 65 heavy (non-hydrogen) atoms. The number of hydrogen-bond acceptors (Lipinski definition) is 1. The van der Waals surface area contributed by atoms with E-state index in [0.717, 1.165) is 29.9 Å². The van der Waals surface area contributed by atoms with Crippen molar-refractivity contribution in [2.75, 3.05) is 4.90 Å². The van der Waals surface area contributed by atoms with Gasteiger partial charge in [-0.25, -0.2) is 0 Å². The summed E-state index contributed by atoms with van der Waals surface area (Å²) in [5, 5.41) is 2.52. The Morgan fingerprint density at radius 3 is 1.63 bits per heavy atom. The van der Waals surface area contributed by atoms with Crippen molar-refractivity contribution in [3.8, 4) is 55.6 Å². The van der Waals surface area contributed by atoms with Crippen LogP contribution in [-0.4, -0.2) is 0 Å². The first-order valence-electron chi connectivity index (χ1n) is 23.1. The summed E-state index contributed by atoms with van der Waals surface area (Å²) < 4.78 is 0. The van der Waals surface area contributed by atoms with Crippen molar-refractivity contribution >= 4 is 27.8 Å². The minimum atomic E-state index is -0.179. The van der Waals surface area contributed by atoms with E-state index < -0.39 is 0 Å². The van der Waals surface area contributed by atoms with Crippen LogP contribution in [-0.2, 0) is 17.3 Å². The van der Waals surface area contributed by atoms with Gasteiger partial charge in [0.15, 0.2) is 0 Å². The molecule has 3 aliphatic carbocycles. The first-order valence-corrected chi connectivity index (χ1v) is 23.1. The third-order valence-corrected chi connectivity index (χ3v) is 15.1. The van der Waals surface area contributed by atoms with Crippen LogP contribution in [0, 0.1) is 0 Å². The van der Waals surface area contributed by atoms with Gasteiger partial charge in [-0.1, -0.05) is 202 Å². The molecular weight excluding hydrogens is 783 g/mol. The van der Waals surface area contributed by atoms with E-state index in [4.69, 9.17) is 0 Å². The Kier molecular flexibility index (Phi) is 8.37. The number of aryl methyl sites for hydroxylation is 1. The number of fused-ring (bicyclic) bond motifs is 11. The largest absolute Gasteiger partial charge is 0.310 e.